The van der Waals surface area contributed by atoms with Gasteiger partial charge in [-0.15, -0.1) is 0 Å². The zero-order chi connectivity index (χ0) is 13.2. The second-order valence-electron chi connectivity index (χ2n) is 4.44. The van der Waals surface area contributed by atoms with Gasteiger partial charge in [-0.05, 0) is 12.8 Å². The molecule has 0 aliphatic heterocycles. The van der Waals surface area contributed by atoms with Crippen molar-refractivity contribution in [2.45, 2.75) is 25.3 Å². The van der Waals surface area contributed by atoms with Crippen LogP contribution in [0.1, 0.15) is 40.7 Å². The van der Waals surface area contributed by atoms with Crippen LogP contribution in [0.2, 0.25) is 0 Å². The topological polar surface area (TPSA) is 101 Å². The zero-order valence-corrected chi connectivity index (χ0v) is 10.0. The van der Waals surface area contributed by atoms with E-state index in [1.165, 1.54) is 25.2 Å². The highest BCUT2D eigenvalue weighted by molar-refractivity contribution is 5.84. The number of hydrogen-bond acceptors (Lipinski definition) is 6. The number of rotatable bonds is 5. The molecule has 0 bridgehead atoms. The first-order valence-corrected chi connectivity index (χ1v) is 5.97. The van der Waals surface area contributed by atoms with Gasteiger partial charge in [0.2, 0.25) is 0 Å². The summed E-state index contributed by atoms with van der Waals surface area (Å²) in [6, 6.07) is 1.93. The predicted octanol–water partition coefficient (Wildman–Crippen LogP) is 1.65. The van der Waals surface area contributed by atoms with Crippen LogP contribution in [0.4, 0.5) is 5.82 Å². The van der Waals surface area contributed by atoms with Crippen molar-refractivity contribution >= 4 is 11.8 Å². The molecular formula is C12H12N4O3. The van der Waals surface area contributed by atoms with Gasteiger partial charge in [-0.1, -0.05) is 5.16 Å². The highest BCUT2D eigenvalue weighted by atomic mass is 16.5. The molecule has 7 nitrogen and oxygen atoms in total. The fourth-order valence-corrected chi connectivity index (χ4v) is 1.69. The standard InChI is InChI=1S/C12H12N4O3/c17-12(18)10-5-15-11(6-13-10)14-4-8-3-9(16-19-8)7-1-2-7/h3,5-7H,1-2,4H2,(H,14,15)(H,17,18). The highest BCUT2D eigenvalue weighted by Crippen LogP contribution is 2.39. The lowest BCUT2D eigenvalue weighted by atomic mass is 10.3. The second kappa shape index (κ2) is 4.68. The lowest BCUT2D eigenvalue weighted by Gasteiger charge is -2.01. The zero-order valence-electron chi connectivity index (χ0n) is 10.0. The molecule has 1 aliphatic carbocycles. The number of carboxylic acids is 1. The van der Waals surface area contributed by atoms with E-state index in [1.54, 1.807) is 0 Å². The van der Waals surface area contributed by atoms with Crippen LogP contribution in [0.25, 0.3) is 0 Å². The van der Waals surface area contributed by atoms with Crippen molar-refractivity contribution in [1.29, 1.82) is 0 Å². The van der Waals surface area contributed by atoms with E-state index in [9.17, 15) is 4.79 Å². The van der Waals surface area contributed by atoms with Gasteiger partial charge in [-0.3, -0.25) is 0 Å². The number of carbonyl (C=O) groups is 1. The molecule has 1 aliphatic rings. The number of nitrogens with one attached hydrogen (secondary N) is 1. The van der Waals surface area contributed by atoms with Crippen LogP contribution in [0, 0.1) is 0 Å². The summed E-state index contributed by atoms with van der Waals surface area (Å²) in [4.78, 5) is 18.3. The normalized spacial score (nSPS) is 14.3. The molecule has 19 heavy (non-hydrogen) atoms. The third-order valence-corrected chi connectivity index (χ3v) is 2.89. The van der Waals surface area contributed by atoms with Crippen LogP contribution in [0.15, 0.2) is 23.0 Å². The van der Waals surface area contributed by atoms with E-state index in [4.69, 9.17) is 9.63 Å². The first-order valence-electron chi connectivity index (χ1n) is 5.97. The molecule has 2 aromatic rings. The molecule has 1 saturated carbocycles. The largest absolute Gasteiger partial charge is 0.476 e. The van der Waals surface area contributed by atoms with E-state index in [0.717, 1.165) is 11.5 Å². The van der Waals surface area contributed by atoms with Gasteiger partial charge in [0, 0.05) is 12.0 Å². The third-order valence-electron chi connectivity index (χ3n) is 2.89. The van der Waals surface area contributed by atoms with Gasteiger partial charge in [0.15, 0.2) is 11.5 Å². The quantitative estimate of drug-likeness (QED) is 0.842. The summed E-state index contributed by atoms with van der Waals surface area (Å²) in [6.07, 6.45) is 4.95. The van der Waals surface area contributed by atoms with E-state index >= 15 is 0 Å². The predicted molar refractivity (Wildman–Crippen MR) is 64.8 cm³/mol. The SMILES string of the molecule is O=C(O)c1cnc(NCc2cc(C3CC3)no2)cn1. The molecule has 0 saturated heterocycles. The maximum Gasteiger partial charge on any atom is 0.356 e. The van der Waals surface area contributed by atoms with Crippen molar-refractivity contribution in [3.05, 3.63) is 35.6 Å². The van der Waals surface area contributed by atoms with E-state index in [-0.39, 0.29) is 5.69 Å². The van der Waals surface area contributed by atoms with Crippen LogP contribution in [-0.4, -0.2) is 26.2 Å². The molecule has 0 unspecified atom stereocenters. The summed E-state index contributed by atoms with van der Waals surface area (Å²) < 4.78 is 5.19. The van der Waals surface area contributed by atoms with Gasteiger partial charge in [0.05, 0.1) is 24.6 Å². The Bertz CT molecular complexity index is 589. The number of anilines is 1. The molecule has 3 rings (SSSR count). The molecule has 2 N–H and O–H groups in total. The van der Waals surface area contributed by atoms with E-state index in [0.29, 0.717) is 18.3 Å². The average Bonchev–Trinajstić information content (AvgIpc) is 3.16. The Balaban J connectivity index is 1.59. The van der Waals surface area contributed by atoms with Gasteiger partial charge in [-0.25, -0.2) is 14.8 Å². The number of hydrogen-bond donors (Lipinski definition) is 2. The molecule has 2 heterocycles. The molecule has 0 radical (unpaired) electrons. The van der Waals surface area contributed by atoms with Gasteiger partial charge >= 0.3 is 5.97 Å². The monoisotopic (exact) mass is 260 g/mol. The molecule has 98 valence electrons. The van der Waals surface area contributed by atoms with Crippen molar-refractivity contribution in [3.8, 4) is 0 Å². The summed E-state index contributed by atoms with van der Waals surface area (Å²) in [5.41, 5.74) is 0.922. The maximum absolute atomic E-state index is 10.6. The molecule has 1 fully saturated rings. The van der Waals surface area contributed by atoms with Crippen molar-refractivity contribution in [1.82, 2.24) is 15.1 Å². The Labute approximate surface area is 108 Å². The van der Waals surface area contributed by atoms with Crippen LogP contribution in [0.5, 0.6) is 0 Å². The summed E-state index contributed by atoms with van der Waals surface area (Å²) in [7, 11) is 0. The molecule has 0 atom stereocenters. The molecule has 0 amide bonds. The van der Waals surface area contributed by atoms with Gasteiger partial charge in [-0.2, -0.15) is 0 Å². The number of nitrogens with zero attached hydrogens (tertiary/aromatic N) is 3. The first kappa shape index (κ1) is 11.6. The first-order chi connectivity index (χ1) is 9.22. The smallest absolute Gasteiger partial charge is 0.356 e. The Morgan fingerprint density at radius 1 is 1.42 bits per heavy atom. The summed E-state index contributed by atoms with van der Waals surface area (Å²) in [5, 5.41) is 15.7. The van der Waals surface area contributed by atoms with Crippen LogP contribution < -0.4 is 5.32 Å². The van der Waals surface area contributed by atoms with Crippen molar-refractivity contribution in [2.75, 3.05) is 5.32 Å². The van der Waals surface area contributed by atoms with Crippen LogP contribution in [-0.2, 0) is 6.54 Å². The lowest BCUT2D eigenvalue weighted by Crippen LogP contribution is -2.05. The van der Waals surface area contributed by atoms with E-state index in [2.05, 4.69) is 20.4 Å². The summed E-state index contributed by atoms with van der Waals surface area (Å²) in [5.74, 6) is 0.691. The van der Waals surface area contributed by atoms with Crippen LogP contribution in [0.3, 0.4) is 0 Å². The van der Waals surface area contributed by atoms with Crippen molar-refractivity contribution in [3.63, 3.8) is 0 Å². The summed E-state index contributed by atoms with van der Waals surface area (Å²) in [6.45, 7) is 0.445. The lowest BCUT2D eigenvalue weighted by molar-refractivity contribution is 0.0690. The Kier molecular flexibility index (Phi) is 2.86. The van der Waals surface area contributed by atoms with E-state index in [1.807, 2.05) is 6.07 Å². The molecule has 0 spiro atoms. The Morgan fingerprint density at radius 3 is 2.89 bits per heavy atom. The second-order valence-corrected chi connectivity index (χ2v) is 4.44. The van der Waals surface area contributed by atoms with Crippen molar-refractivity contribution < 1.29 is 14.4 Å². The van der Waals surface area contributed by atoms with Gasteiger partial charge in [0.25, 0.3) is 0 Å². The molecular weight excluding hydrogens is 248 g/mol. The molecule has 2 aromatic heterocycles. The van der Waals surface area contributed by atoms with Crippen LogP contribution >= 0.6 is 0 Å². The number of carboxylic acid groups (broad SMARTS) is 1. The average molecular weight is 260 g/mol. The summed E-state index contributed by atoms with van der Waals surface area (Å²) >= 11 is 0. The highest BCUT2D eigenvalue weighted by Gasteiger charge is 2.26. The minimum absolute atomic E-state index is 0.0822. The fraction of sp³-hybridized carbons (Fsp3) is 0.333. The molecule has 0 aromatic carbocycles. The van der Waals surface area contributed by atoms with Crippen molar-refractivity contribution in [2.24, 2.45) is 0 Å². The Hall–Kier alpha value is -2.44. The molecule has 7 heteroatoms. The van der Waals surface area contributed by atoms with Gasteiger partial charge in [0.1, 0.15) is 5.82 Å². The fourth-order valence-electron chi connectivity index (χ4n) is 1.69. The number of aromatic carboxylic acids is 1. The third kappa shape index (κ3) is 2.70. The minimum atomic E-state index is -1.09. The number of aromatic nitrogens is 3. The maximum atomic E-state index is 10.6. The van der Waals surface area contributed by atoms with Gasteiger partial charge < -0.3 is 14.9 Å². The minimum Gasteiger partial charge on any atom is -0.476 e. The Morgan fingerprint density at radius 2 is 2.26 bits per heavy atom. The van der Waals surface area contributed by atoms with E-state index < -0.39 is 5.97 Å².